The Morgan fingerprint density at radius 3 is 2.68 bits per heavy atom. The van der Waals surface area contributed by atoms with E-state index in [0.29, 0.717) is 5.69 Å². The summed E-state index contributed by atoms with van der Waals surface area (Å²) in [4.78, 5) is 12.1. The number of nitrogens with one attached hydrogen (secondary N) is 1. The molecule has 1 unspecified atom stereocenters. The summed E-state index contributed by atoms with van der Waals surface area (Å²) in [5.74, 6) is -0.634. The first-order valence-corrected chi connectivity index (χ1v) is 6.40. The second-order valence-corrected chi connectivity index (χ2v) is 4.60. The van der Waals surface area contributed by atoms with Gasteiger partial charge in [0.15, 0.2) is 0 Å². The van der Waals surface area contributed by atoms with E-state index in [0.717, 1.165) is 6.07 Å². The molecule has 118 valence electrons. The summed E-state index contributed by atoms with van der Waals surface area (Å²) in [5.41, 5.74) is 4.67. The quantitative estimate of drug-likeness (QED) is 0.903. The van der Waals surface area contributed by atoms with Gasteiger partial charge in [0.2, 0.25) is 5.91 Å². The molecule has 2 aromatic rings. The van der Waals surface area contributed by atoms with Crippen molar-refractivity contribution in [1.82, 2.24) is 15.0 Å². The number of nitrogens with zero attached hydrogens (tertiary/aromatic N) is 3. The van der Waals surface area contributed by atoms with Crippen molar-refractivity contribution in [2.45, 2.75) is 25.7 Å². The van der Waals surface area contributed by atoms with E-state index in [2.05, 4.69) is 15.6 Å². The standard InChI is InChI=1S/C13H14F3N5O/c1-8(21-7-9(6-17)19-20-21)12(22)18-11-5-3-2-4-10(11)13(14,15)16/h2-5,7-8H,6,17H2,1H3,(H,18,22). The molecule has 0 aliphatic rings. The van der Waals surface area contributed by atoms with Crippen LogP contribution < -0.4 is 11.1 Å². The van der Waals surface area contributed by atoms with Crippen LogP contribution in [0.5, 0.6) is 0 Å². The molecule has 1 amide bonds. The Labute approximate surface area is 124 Å². The molecular weight excluding hydrogens is 299 g/mol. The summed E-state index contributed by atoms with van der Waals surface area (Å²) in [6, 6.07) is 3.95. The van der Waals surface area contributed by atoms with E-state index in [4.69, 9.17) is 5.73 Å². The first-order valence-electron chi connectivity index (χ1n) is 6.40. The SMILES string of the molecule is CC(C(=O)Nc1ccccc1C(F)(F)F)n1cc(CN)nn1. The molecule has 3 N–H and O–H groups in total. The second kappa shape index (κ2) is 6.14. The predicted molar refractivity (Wildman–Crippen MR) is 72.7 cm³/mol. The molecule has 0 saturated carbocycles. The van der Waals surface area contributed by atoms with Gasteiger partial charge in [-0.15, -0.1) is 5.10 Å². The van der Waals surface area contributed by atoms with E-state index >= 15 is 0 Å². The van der Waals surface area contributed by atoms with Gasteiger partial charge in [0.25, 0.3) is 0 Å². The molecule has 0 aliphatic heterocycles. The highest BCUT2D eigenvalue weighted by molar-refractivity contribution is 5.94. The van der Waals surface area contributed by atoms with E-state index in [-0.39, 0.29) is 12.2 Å². The number of nitrogens with two attached hydrogens (primary N) is 1. The van der Waals surface area contributed by atoms with Gasteiger partial charge in [-0.3, -0.25) is 4.79 Å². The van der Waals surface area contributed by atoms with Crippen LogP contribution in [0.25, 0.3) is 0 Å². The molecule has 0 radical (unpaired) electrons. The average molecular weight is 313 g/mol. The van der Waals surface area contributed by atoms with Crippen LogP contribution in [0.4, 0.5) is 18.9 Å². The van der Waals surface area contributed by atoms with Gasteiger partial charge in [-0.2, -0.15) is 13.2 Å². The summed E-state index contributed by atoms with van der Waals surface area (Å²) in [5, 5.41) is 9.72. The van der Waals surface area contributed by atoms with E-state index in [1.54, 1.807) is 0 Å². The smallest absolute Gasteiger partial charge is 0.325 e. The number of rotatable bonds is 4. The van der Waals surface area contributed by atoms with E-state index in [1.807, 2.05) is 0 Å². The van der Waals surface area contributed by atoms with E-state index in [9.17, 15) is 18.0 Å². The Hall–Kier alpha value is -2.42. The summed E-state index contributed by atoms with van der Waals surface area (Å²) < 4.78 is 39.9. The lowest BCUT2D eigenvalue weighted by atomic mass is 10.1. The minimum atomic E-state index is -4.55. The van der Waals surface area contributed by atoms with Gasteiger partial charge in [-0.05, 0) is 19.1 Å². The molecule has 1 heterocycles. The predicted octanol–water partition coefficient (Wildman–Crippen LogP) is 1.96. The number of anilines is 1. The van der Waals surface area contributed by atoms with Gasteiger partial charge in [0, 0.05) is 6.54 Å². The highest BCUT2D eigenvalue weighted by atomic mass is 19.4. The van der Waals surface area contributed by atoms with Crippen LogP contribution >= 0.6 is 0 Å². The lowest BCUT2D eigenvalue weighted by Crippen LogP contribution is -2.25. The monoisotopic (exact) mass is 313 g/mol. The number of alkyl halides is 3. The van der Waals surface area contributed by atoms with Crippen LogP contribution in [-0.2, 0) is 17.5 Å². The fourth-order valence-corrected chi connectivity index (χ4v) is 1.79. The molecule has 22 heavy (non-hydrogen) atoms. The van der Waals surface area contributed by atoms with Crippen molar-refractivity contribution in [2.75, 3.05) is 5.32 Å². The van der Waals surface area contributed by atoms with Crippen LogP contribution in [0.2, 0.25) is 0 Å². The molecule has 2 rings (SSSR count). The number of benzene rings is 1. The fourth-order valence-electron chi connectivity index (χ4n) is 1.79. The van der Waals surface area contributed by atoms with Crippen LogP contribution in [0.1, 0.15) is 24.2 Å². The number of halogens is 3. The zero-order valence-electron chi connectivity index (χ0n) is 11.6. The van der Waals surface area contributed by atoms with Gasteiger partial charge < -0.3 is 11.1 Å². The highest BCUT2D eigenvalue weighted by Crippen LogP contribution is 2.34. The third-order valence-corrected chi connectivity index (χ3v) is 3.03. The maximum Gasteiger partial charge on any atom is 0.418 e. The fraction of sp³-hybridized carbons (Fsp3) is 0.308. The lowest BCUT2D eigenvalue weighted by molar-refractivity contribution is -0.137. The molecule has 0 aliphatic carbocycles. The van der Waals surface area contributed by atoms with Crippen molar-refractivity contribution in [3.05, 3.63) is 41.7 Å². The highest BCUT2D eigenvalue weighted by Gasteiger charge is 2.34. The Morgan fingerprint density at radius 2 is 2.09 bits per heavy atom. The number of para-hydroxylation sites is 1. The van der Waals surface area contributed by atoms with Crippen molar-refractivity contribution in [3.63, 3.8) is 0 Å². The minimum absolute atomic E-state index is 0.158. The van der Waals surface area contributed by atoms with Crippen molar-refractivity contribution < 1.29 is 18.0 Å². The average Bonchev–Trinajstić information content (AvgIpc) is 2.94. The largest absolute Gasteiger partial charge is 0.418 e. The van der Waals surface area contributed by atoms with Gasteiger partial charge in [-0.25, -0.2) is 4.68 Å². The molecule has 1 aromatic carbocycles. The van der Waals surface area contributed by atoms with Gasteiger partial charge in [-0.1, -0.05) is 17.3 Å². The van der Waals surface area contributed by atoms with Gasteiger partial charge in [0.1, 0.15) is 6.04 Å². The van der Waals surface area contributed by atoms with Crippen molar-refractivity contribution >= 4 is 11.6 Å². The third kappa shape index (κ3) is 3.42. The summed E-state index contributed by atoms with van der Waals surface area (Å²) in [7, 11) is 0. The normalized spacial score (nSPS) is 13.0. The van der Waals surface area contributed by atoms with Crippen molar-refractivity contribution in [3.8, 4) is 0 Å². The van der Waals surface area contributed by atoms with E-state index in [1.165, 1.54) is 36.0 Å². The molecule has 0 spiro atoms. The third-order valence-electron chi connectivity index (χ3n) is 3.03. The Balaban J connectivity index is 2.19. The van der Waals surface area contributed by atoms with Crippen LogP contribution in [0.3, 0.4) is 0 Å². The minimum Gasteiger partial charge on any atom is -0.325 e. The topological polar surface area (TPSA) is 85.8 Å². The zero-order valence-corrected chi connectivity index (χ0v) is 11.6. The summed E-state index contributed by atoms with van der Waals surface area (Å²) in [6.45, 7) is 1.66. The zero-order chi connectivity index (χ0) is 16.3. The van der Waals surface area contributed by atoms with Crippen LogP contribution in [0.15, 0.2) is 30.5 Å². The first kappa shape index (κ1) is 16.0. The Kier molecular flexibility index (Phi) is 4.45. The summed E-state index contributed by atoms with van der Waals surface area (Å²) >= 11 is 0. The molecule has 1 aromatic heterocycles. The number of hydrogen-bond donors (Lipinski definition) is 2. The number of carbonyl (C=O) groups excluding carboxylic acids is 1. The molecule has 6 nitrogen and oxygen atoms in total. The number of hydrogen-bond acceptors (Lipinski definition) is 4. The Morgan fingerprint density at radius 1 is 1.41 bits per heavy atom. The molecule has 0 bridgehead atoms. The van der Waals surface area contributed by atoms with Gasteiger partial charge >= 0.3 is 6.18 Å². The van der Waals surface area contributed by atoms with Crippen LogP contribution in [0, 0.1) is 0 Å². The summed E-state index contributed by atoms with van der Waals surface area (Å²) in [6.07, 6.45) is -3.08. The Bertz CT molecular complexity index is 668. The maximum absolute atomic E-state index is 12.9. The van der Waals surface area contributed by atoms with Crippen LogP contribution in [-0.4, -0.2) is 20.9 Å². The number of aromatic nitrogens is 3. The molecule has 0 saturated heterocycles. The van der Waals surface area contributed by atoms with Crippen molar-refractivity contribution in [1.29, 1.82) is 0 Å². The maximum atomic E-state index is 12.9. The first-order chi connectivity index (χ1) is 10.3. The molecule has 9 heteroatoms. The number of amides is 1. The molecule has 0 fully saturated rings. The van der Waals surface area contributed by atoms with Crippen molar-refractivity contribution in [2.24, 2.45) is 5.73 Å². The second-order valence-electron chi connectivity index (χ2n) is 4.60. The van der Waals surface area contributed by atoms with Gasteiger partial charge in [0.05, 0.1) is 23.1 Å². The molecule has 1 atom stereocenters. The molecular formula is C13H14F3N5O. The number of carbonyl (C=O) groups is 1. The lowest BCUT2D eigenvalue weighted by Gasteiger charge is -2.16. The van der Waals surface area contributed by atoms with E-state index < -0.39 is 23.7 Å².